The summed E-state index contributed by atoms with van der Waals surface area (Å²) in [6.07, 6.45) is -0.334. The van der Waals surface area contributed by atoms with E-state index >= 15 is 0 Å². The molecule has 0 heterocycles. The van der Waals surface area contributed by atoms with Crippen LogP contribution in [0.15, 0.2) is 0 Å². The first kappa shape index (κ1) is 13.1. The molecule has 5 heteroatoms. The van der Waals surface area contributed by atoms with Crippen LogP contribution in [-0.4, -0.2) is 17.7 Å². The van der Waals surface area contributed by atoms with Gasteiger partial charge in [0.25, 0.3) is 0 Å². The van der Waals surface area contributed by atoms with Crippen LogP contribution in [0.4, 0.5) is 0 Å². The molecular weight excluding hydrogens is 331 g/mol. The molecule has 0 fully saturated rings. The van der Waals surface area contributed by atoms with Gasteiger partial charge in [0.1, 0.15) is 12.2 Å². The first-order valence-corrected chi connectivity index (χ1v) is 2.73. The van der Waals surface area contributed by atoms with Gasteiger partial charge >= 0.3 is 11.9 Å². The van der Waals surface area contributed by atoms with Crippen molar-refractivity contribution < 1.29 is 40.2 Å². The van der Waals surface area contributed by atoms with Crippen molar-refractivity contribution in [2.75, 3.05) is 0 Å². The molecule has 0 rings (SSSR count). The number of carbonyl (C=O) groups excluding carboxylic acids is 3. The molecule has 0 aromatic rings. The van der Waals surface area contributed by atoms with E-state index in [2.05, 4.69) is 4.74 Å². The molecule has 0 atom stereocenters. The second kappa shape index (κ2) is 6.22. The fraction of sp³-hybridized carbons (Fsp3) is 0.500. The molecule has 0 bridgehead atoms. The quantitative estimate of drug-likeness (QED) is 0.527. The van der Waals surface area contributed by atoms with E-state index in [0.29, 0.717) is 0 Å². The summed E-state index contributed by atoms with van der Waals surface area (Å²) in [6, 6.07) is 0. The molecule has 0 saturated heterocycles. The standard InChI is InChI=1S/C6H8O4.Pt/c1-4(7)3-6(9)10-5(2)8;/h3H2,1-2H3;. The summed E-state index contributed by atoms with van der Waals surface area (Å²) < 4.78 is 4.06. The van der Waals surface area contributed by atoms with Crippen LogP contribution in [-0.2, 0) is 40.2 Å². The Kier molecular flexibility index (Phi) is 7.42. The van der Waals surface area contributed by atoms with Gasteiger partial charge < -0.3 is 4.74 Å². The van der Waals surface area contributed by atoms with Crippen molar-refractivity contribution in [2.24, 2.45) is 0 Å². The second-order valence-corrected chi connectivity index (χ2v) is 1.84. The number of rotatable bonds is 2. The Balaban J connectivity index is 0. The van der Waals surface area contributed by atoms with Crippen LogP contribution in [0.5, 0.6) is 0 Å². The fourth-order valence-corrected chi connectivity index (χ4v) is 0.400. The number of Topliss-reactive ketones (excluding diaryl/α,β-unsaturated/α-hetero) is 1. The van der Waals surface area contributed by atoms with Gasteiger partial charge in [0, 0.05) is 28.0 Å². The van der Waals surface area contributed by atoms with E-state index in [9.17, 15) is 14.4 Å². The smallest absolute Gasteiger partial charge is 0.320 e. The van der Waals surface area contributed by atoms with Gasteiger partial charge in [-0.05, 0) is 6.92 Å². The predicted octanol–water partition coefficient (Wildman–Crippen LogP) is 0.0527. The largest absolute Gasteiger partial charge is 0.393 e. The third-order valence-electron chi connectivity index (χ3n) is 0.651. The van der Waals surface area contributed by atoms with Crippen molar-refractivity contribution in [1.29, 1.82) is 0 Å². The van der Waals surface area contributed by atoms with Gasteiger partial charge in [0.05, 0.1) is 0 Å². The van der Waals surface area contributed by atoms with E-state index in [0.717, 1.165) is 6.92 Å². The van der Waals surface area contributed by atoms with Crippen molar-refractivity contribution in [3.63, 3.8) is 0 Å². The molecule has 0 spiro atoms. The first-order valence-electron chi connectivity index (χ1n) is 2.73. The zero-order chi connectivity index (χ0) is 8.15. The van der Waals surface area contributed by atoms with Crippen LogP contribution in [0.3, 0.4) is 0 Å². The van der Waals surface area contributed by atoms with Crippen molar-refractivity contribution >= 4 is 17.7 Å². The summed E-state index contributed by atoms with van der Waals surface area (Å²) in [5.74, 6) is -1.79. The van der Waals surface area contributed by atoms with Crippen LogP contribution in [0.1, 0.15) is 20.3 Å². The molecule has 0 aliphatic rings. The Morgan fingerprint density at radius 1 is 1.18 bits per heavy atom. The van der Waals surface area contributed by atoms with Gasteiger partial charge in [-0.2, -0.15) is 0 Å². The Morgan fingerprint density at radius 3 is 1.91 bits per heavy atom. The van der Waals surface area contributed by atoms with Crippen LogP contribution < -0.4 is 0 Å². The molecule has 0 unspecified atom stereocenters. The molecule has 0 saturated carbocycles. The number of esters is 2. The minimum atomic E-state index is -0.792. The Morgan fingerprint density at radius 2 is 1.64 bits per heavy atom. The maximum absolute atomic E-state index is 10.4. The zero-order valence-electron chi connectivity index (χ0n) is 6.16. The average molecular weight is 339 g/mol. The summed E-state index contributed by atoms with van der Waals surface area (Å²) in [6.45, 7) is 2.36. The molecule has 0 aliphatic carbocycles. The molecule has 0 aliphatic heterocycles. The summed E-state index contributed by atoms with van der Waals surface area (Å²) in [7, 11) is 0. The van der Waals surface area contributed by atoms with E-state index in [1.807, 2.05) is 0 Å². The van der Waals surface area contributed by atoms with E-state index in [4.69, 9.17) is 0 Å². The van der Waals surface area contributed by atoms with Gasteiger partial charge in [0.15, 0.2) is 0 Å². The third kappa shape index (κ3) is 9.50. The van der Waals surface area contributed by atoms with Crippen molar-refractivity contribution in [3.05, 3.63) is 0 Å². The number of hydrogen-bond acceptors (Lipinski definition) is 4. The first-order chi connectivity index (χ1) is 4.52. The number of carbonyl (C=O) groups is 3. The summed E-state index contributed by atoms with van der Waals surface area (Å²) in [5, 5.41) is 0. The van der Waals surface area contributed by atoms with Crippen molar-refractivity contribution in [3.8, 4) is 0 Å². The average Bonchev–Trinajstić information content (AvgIpc) is 1.58. The van der Waals surface area contributed by atoms with E-state index in [-0.39, 0.29) is 33.3 Å². The predicted molar refractivity (Wildman–Crippen MR) is 32.1 cm³/mol. The molecule has 0 N–H and O–H groups in total. The molecule has 4 nitrogen and oxygen atoms in total. The minimum Gasteiger partial charge on any atom is -0.393 e. The molecule has 0 aromatic heterocycles. The Labute approximate surface area is 78.6 Å². The molecular formula is C6H8O4Pt. The van der Waals surface area contributed by atoms with E-state index < -0.39 is 11.9 Å². The van der Waals surface area contributed by atoms with E-state index in [1.165, 1.54) is 6.92 Å². The molecule has 11 heavy (non-hydrogen) atoms. The number of hydrogen-bond donors (Lipinski definition) is 0. The number of ketones is 1. The van der Waals surface area contributed by atoms with Crippen molar-refractivity contribution in [1.82, 2.24) is 0 Å². The van der Waals surface area contributed by atoms with Gasteiger partial charge in [-0.25, -0.2) is 0 Å². The molecule has 0 aromatic carbocycles. The Bertz CT molecular complexity index is 157. The van der Waals surface area contributed by atoms with Crippen LogP contribution in [0.25, 0.3) is 0 Å². The van der Waals surface area contributed by atoms with Gasteiger partial charge in [-0.1, -0.05) is 0 Å². The van der Waals surface area contributed by atoms with Crippen LogP contribution in [0.2, 0.25) is 0 Å². The summed E-state index contributed by atoms with van der Waals surface area (Å²) >= 11 is 0. The maximum Gasteiger partial charge on any atom is 0.320 e. The normalized spacial score (nSPS) is 7.82. The molecule has 0 radical (unpaired) electrons. The topological polar surface area (TPSA) is 60.4 Å². The monoisotopic (exact) mass is 339 g/mol. The zero-order valence-corrected chi connectivity index (χ0v) is 8.43. The molecule has 66 valence electrons. The molecule has 0 amide bonds. The van der Waals surface area contributed by atoms with Crippen LogP contribution in [0, 0.1) is 0 Å². The fourth-order valence-electron chi connectivity index (χ4n) is 0.400. The van der Waals surface area contributed by atoms with Crippen LogP contribution >= 0.6 is 0 Å². The van der Waals surface area contributed by atoms with Crippen molar-refractivity contribution in [2.45, 2.75) is 20.3 Å². The number of ether oxygens (including phenoxy) is 1. The maximum atomic E-state index is 10.4. The Hall–Kier alpha value is -0.502. The minimum absolute atomic E-state index is 0. The van der Waals surface area contributed by atoms with E-state index in [1.54, 1.807) is 0 Å². The van der Waals surface area contributed by atoms with Gasteiger partial charge in [-0.15, -0.1) is 0 Å². The summed E-state index contributed by atoms with van der Waals surface area (Å²) in [4.78, 5) is 30.7. The van der Waals surface area contributed by atoms with Gasteiger partial charge in [0.2, 0.25) is 0 Å². The summed E-state index contributed by atoms with van der Waals surface area (Å²) in [5.41, 5.74) is 0. The SMILES string of the molecule is CC(=O)CC(=O)OC(C)=O.[Pt]. The third-order valence-corrected chi connectivity index (χ3v) is 0.651. The van der Waals surface area contributed by atoms with Gasteiger partial charge in [-0.3, -0.25) is 14.4 Å². The second-order valence-electron chi connectivity index (χ2n) is 1.84.